The minimum atomic E-state index is 0.539. The average Bonchev–Trinajstić information content (AvgIpc) is 2.69. The predicted octanol–water partition coefficient (Wildman–Crippen LogP) is 3.71. The normalized spacial score (nSPS) is 19.2. The van der Waals surface area contributed by atoms with Gasteiger partial charge in [0.1, 0.15) is 0 Å². The number of nitrogens with one attached hydrogen (secondary N) is 1. The molecule has 2 nitrogen and oxygen atoms in total. The van der Waals surface area contributed by atoms with Crippen LogP contribution >= 0.6 is 22.9 Å². The smallest absolute Gasteiger partial charge is 0.0934 e. The van der Waals surface area contributed by atoms with Crippen molar-refractivity contribution in [1.82, 2.24) is 10.2 Å². The molecule has 2 rings (SSSR count). The Morgan fingerprint density at radius 2 is 2.28 bits per heavy atom. The molecule has 4 heteroatoms. The van der Waals surface area contributed by atoms with Crippen molar-refractivity contribution < 1.29 is 0 Å². The van der Waals surface area contributed by atoms with Crippen molar-refractivity contribution >= 4 is 22.9 Å². The van der Waals surface area contributed by atoms with Crippen LogP contribution in [0.5, 0.6) is 0 Å². The Morgan fingerprint density at radius 1 is 1.44 bits per heavy atom. The molecule has 1 aromatic rings. The zero-order valence-electron chi connectivity index (χ0n) is 11.3. The standard InChI is InChI=1S/C14H23ClN2S/c1-17(2)9-4-3-8-16-12-6-5-7-13-11(12)10-14(15)18-13/h10,12,16H,3-9H2,1-2H3. The van der Waals surface area contributed by atoms with Gasteiger partial charge in [0.05, 0.1) is 4.34 Å². The summed E-state index contributed by atoms with van der Waals surface area (Å²) in [5, 5.41) is 3.69. The maximum absolute atomic E-state index is 6.12. The molecule has 0 radical (unpaired) electrons. The lowest BCUT2D eigenvalue weighted by Gasteiger charge is -2.23. The number of fused-ring (bicyclic) bond motifs is 1. The van der Waals surface area contributed by atoms with Crippen LogP contribution in [0.25, 0.3) is 0 Å². The third-order valence-corrected chi connectivity index (χ3v) is 4.85. The van der Waals surface area contributed by atoms with E-state index in [-0.39, 0.29) is 0 Å². The van der Waals surface area contributed by atoms with E-state index in [2.05, 4.69) is 30.4 Å². The summed E-state index contributed by atoms with van der Waals surface area (Å²) in [5.41, 5.74) is 1.46. The van der Waals surface area contributed by atoms with Crippen molar-refractivity contribution in [2.24, 2.45) is 0 Å². The molecule has 102 valence electrons. The Bertz CT molecular complexity index is 376. The third kappa shape index (κ3) is 3.95. The Kier molecular flexibility index (Phi) is 5.49. The van der Waals surface area contributed by atoms with Crippen LogP contribution in [0.4, 0.5) is 0 Å². The van der Waals surface area contributed by atoms with Crippen LogP contribution in [-0.4, -0.2) is 32.1 Å². The quantitative estimate of drug-likeness (QED) is 0.802. The Labute approximate surface area is 119 Å². The van der Waals surface area contributed by atoms with Crippen molar-refractivity contribution in [2.75, 3.05) is 27.2 Å². The highest BCUT2D eigenvalue weighted by Crippen LogP contribution is 2.37. The van der Waals surface area contributed by atoms with E-state index in [0.29, 0.717) is 6.04 Å². The number of hydrogen-bond acceptors (Lipinski definition) is 3. The van der Waals surface area contributed by atoms with Crippen molar-refractivity contribution in [3.05, 3.63) is 20.8 Å². The topological polar surface area (TPSA) is 15.3 Å². The number of halogens is 1. The summed E-state index contributed by atoms with van der Waals surface area (Å²) >= 11 is 7.88. The molecule has 1 aromatic heterocycles. The molecular weight excluding hydrogens is 264 g/mol. The third-order valence-electron chi connectivity index (χ3n) is 3.51. The summed E-state index contributed by atoms with van der Waals surface area (Å²) in [6, 6.07) is 2.70. The second kappa shape index (κ2) is 6.90. The van der Waals surface area contributed by atoms with E-state index < -0.39 is 0 Å². The van der Waals surface area contributed by atoms with Gasteiger partial charge in [-0.05, 0) is 70.9 Å². The van der Waals surface area contributed by atoms with Crippen LogP contribution in [0.15, 0.2) is 6.07 Å². The fourth-order valence-electron chi connectivity index (χ4n) is 2.56. The fraction of sp³-hybridized carbons (Fsp3) is 0.714. The van der Waals surface area contributed by atoms with Crippen LogP contribution in [-0.2, 0) is 6.42 Å². The van der Waals surface area contributed by atoms with Gasteiger partial charge in [-0.15, -0.1) is 11.3 Å². The molecule has 1 aliphatic rings. The summed E-state index contributed by atoms with van der Waals surface area (Å²) in [6.07, 6.45) is 6.28. The monoisotopic (exact) mass is 286 g/mol. The highest BCUT2D eigenvalue weighted by atomic mass is 35.5. The largest absolute Gasteiger partial charge is 0.310 e. The molecule has 0 saturated heterocycles. The fourth-order valence-corrected chi connectivity index (χ4v) is 3.95. The van der Waals surface area contributed by atoms with E-state index in [1.807, 2.05) is 0 Å². The Morgan fingerprint density at radius 3 is 3.06 bits per heavy atom. The molecule has 1 aliphatic carbocycles. The second-order valence-electron chi connectivity index (χ2n) is 5.34. The molecule has 0 fully saturated rings. The molecule has 0 spiro atoms. The van der Waals surface area contributed by atoms with Crippen molar-refractivity contribution in [1.29, 1.82) is 0 Å². The number of unbranched alkanes of at least 4 members (excludes halogenated alkanes) is 1. The van der Waals surface area contributed by atoms with Crippen LogP contribution in [0.1, 0.15) is 42.2 Å². The molecule has 0 aromatic carbocycles. The SMILES string of the molecule is CN(C)CCCCNC1CCCc2sc(Cl)cc21. The molecule has 1 heterocycles. The van der Waals surface area contributed by atoms with Gasteiger partial charge >= 0.3 is 0 Å². The van der Waals surface area contributed by atoms with Crippen LogP contribution < -0.4 is 5.32 Å². The van der Waals surface area contributed by atoms with Gasteiger partial charge in [0, 0.05) is 10.9 Å². The van der Waals surface area contributed by atoms with Crippen LogP contribution in [0.2, 0.25) is 4.34 Å². The van der Waals surface area contributed by atoms with Gasteiger partial charge in [0.2, 0.25) is 0 Å². The highest BCUT2D eigenvalue weighted by Gasteiger charge is 2.21. The first-order valence-electron chi connectivity index (χ1n) is 6.83. The summed E-state index contributed by atoms with van der Waals surface area (Å²) in [5.74, 6) is 0. The minimum Gasteiger partial charge on any atom is -0.310 e. The number of aryl methyl sites for hydroxylation is 1. The van der Waals surface area contributed by atoms with E-state index in [1.165, 1.54) is 49.1 Å². The van der Waals surface area contributed by atoms with E-state index in [0.717, 1.165) is 10.9 Å². The van der Waals surface area contributed by atoms with Gasteiger partial charge in [0.15, 0.2) is 0 Å². The number of nitrogens with zero attached hydrogens (tertiary/aromatic N) is 1. The van der Waals surface area contributed by atoms with E-state index in [4.69, 9.17) is 11.6 Å². The van der Waals surface area contributed by atoms with Gasteiger partial charge in [-0.1, -0.05) is 11.6 Å². The first-order valence-corrected chi connectivity index (χ1v) is 8.02. The van der Waals surface area contributed by atoms with Gasteiger partial charge in [0.25, 0.3) is 0 Å². The van der Waals surface area contributed by atoms with E-state index in [9.17, 15) is 0 Å². The molecule has 0 aliphatic heterocycles. The molecular formula is C14H23ClN2S. The lowest BCUT2D eigenvalue weighted by molar-refractivity contribution is 0.383. The zero-order valence-corrected chi connectivity index (χ0v) is 12.9. The number of rotatable bonds is 6. The number of hydrogen-bond donors (Lipinski definition) is 1. The number of thiophene rings is 1. The predicted molar refractivity (Wildman–Crippen MR) is 80.8 cm³/mol. The summed E-state index contributed by atoms with van der Waals surface area (Å²) in [7, 11) is 4.27. The lowest BCUT2D eigenvalue weighted by Crippen LogP contribution is -2.25. The Hall–Kier alpha value is -0.0900. The minimum absolute atomic E-state index is 0.539. The van der Waals surface area contributed by atoms with Crippen molar-refractivity contribution in [3.63, 3.8) is 0 Å². The van der Waals surface area contributed by atoms with Gasteiger partial charge in [-0.25, -0.2) is 0 Å². The van der Waals surface area contributed by atoms with E-state index >= 15 is 0 Å². The molecule has 1 unspecified atom stereocenters. The summed E-state index contributed by atoms with van der Waals surface area (Å²) in [6.45, 7) is 2.30. The molecule has 0 bridgehead atoms. The van der Waals surface area contributed by atoms with Crippen molar-refractivity contribution in [3.8, 4) is 0 Å². The van der Waals surface area contributed by atoms with Crippen LogP contribution in [0, 0.1) is 0 Å². The first kappa shape index (κ1) is 14.3. The molecule has 18 heavy (non-hydrogen) atoms. The first-order chi connectivity index (χ1) is 8.66. The summed E-state index contributed by atoms with van der Waals surface area (Å²) < 4.78 is 0.946. The van der Waals surface area contributed by atoms with Gasteiger partial charge in [-0.2, -0.15) is 0 Å². The second-order valence-corrected chi connectivity index (χ2v) is 7.11. The lowest BCUT2D eigenvalue weighted by atomic mass is 9.94. The average molecular weight is 287 g/mol. The molecule has 1 atom stereocenters. The maximum Gasteiger partial charge on any atom is 0.0934 e. The van der Waals surface area contributed by atoms with Crippen molar-refractivity contribution in [2.45, 2.75) is 38.1 Å². The van der Waals surface area contributed by atoms with Gasteiger partial charge in [-0.3, -0.25) is 0 Å². The maximum atomic E-state index is 6.12. The molecule has 0 saturated carbocycles. The highest BCUT2D eigenvalue weighted by molar-refractivity contribution is 7.16. The van der Waals surface area contributed by atoms with Crippen LogP contribution in [0.3, 0.4) is 0 Å². The molecule has 0 amide bonds. The Balaban J connectivity index is 1.77. The molecule has 1 N–H and O–H groups in total. The zero-order chi connectivity index (χ0) is 13.0. The van der Waals surface area contributed by atoms with E-state index in [1.54, 1.807) is 11.3 Å². The summed E-state index contributed by atoms with van der Waals surface area (Å²) in [4.78, 5) is 3.74. The van der Waals surface area contributed by atoms with Gasteiger partial charge < -0.3 is 10.2 Å².